The molecule has 1 aliphatic rings. The average Bonchev–Trinajstić information content (AvgIpc) is 2.16. The second kappa shape index (κ2) is 4.97. The number of carboxylic acid groups (broad SMARTS) is 1. The Balaban J connectivity index is 2.48. The maximum absolute atomic E-state index is 10.9. The molecule has 1 fully saturated rings. The fraction of sp³-hybridized carbons (Fsp3) is 0.929. The van der Waals surface area contributed by atoms with Gasteiger partial charge in [-0.2, -0.15) is 0 Å². The number of carbonyl (C=O) groups is 1. The van der Waals surface area contributed by atoms with Crippen LogP contribution in [0.1, 0.15) is 60.3 Å². The third-order valence-corrected chi connectivity index (χ3v) is 4.29. The molecule has 1 N–H and O–H groups in total. The van der Waals surface area contributed by atoms with Gasteiger partial charge in [-0.3, -0.25) is 4.79 Å². The summed E-state index contributed by atoms with van der Waals surface area (Å²) in [5.74, 6) is -0.814. The molecule has 3 nitrogen and oxygen atoms in total. The molecule has 0 heterocycles. The molecule has 1 saturated carbocycles. The second-order valence-corrected chi connectivity index (χ2v) is 6.69. The summed E-state index contributed by atoms with van der Waals surface area (Å²) >= 11 is 0. The number of carboxylic acids is 1. The molecule has 0 amide bonds. The highest BCUT2D eigenvalue weighted by atomic mass is 16.5. The van der Waals surface area contributed by atoms with Crippen LogP contribution in [0.2, 0.25) is 0 Å². The van der Waals surface area contributed by atoms with E-state index in [9.17, 15) is 4.79 Å². The molecule has 0 radical (unpaired) electrons. The Kier molecular flexibility index (Phi) is 4.23. The van der Waals surface area contributed by atoms with Crippen LogP contribution in [0, 0.1) is 11.3 Å². The SMILES string of the molecule is CC(C)(C)C(C)(C)OC1CCC(C(=O)O)CC1. The van der Waals surface area contributed by atoms with E-state index in [1.807, 2.05) is 0 Å². The molecule has 0 saturated heterocycles. The van der Waals surface area contributed by atoms with Crippen LogP contribution in [0.25, 0.3) is 0 Å². The van der Waals surface area contributed by atoms with Crippen molar-refractivity contribution in [2.75, 3.05) is 0 Å². The zero-order valence-corrected chi connectivity index (χ0v) is 11.7. The van der Waals surface area contributed by atoms with Crippen molar-refractivity contribution in [2.24, 2.45) is 11.3 Å². The minimum absolute atomic E-state index is 0.0939. The van der Waals surface area contributed by atoms with Gasteiger partial charge < -0.3 is 9.84 Å². The predicted molar refractivity (Wildman–Crippen MR) is 68.0 cm³/mol. The van der Waals surface area contributed by atoms with E-state index < -0.39 is 5.97 Å². The monoisotopic (exact) mass is 242 g/mol. The first-order valence-corrected chi connectivity index (χ1v) is 6.54. The number of hydrogen-bond acceptors (Lipinski definition) is 2. The third-order valence-electron chi connectivity index (χ3n) is 4.29. The van der Waals surface area contributed by atoms with E-state index in [4.69, 9.17) is 9.84 Å². The van der Waals surface area contributed by atoms with Crippen LogP contribution in [-0.4, -0.2) is 22.8 Å². The molecule has 0 bridgehead atoms. The molecule has 0 aromatic heterocycles. The lowest BCUT2D eigenvalue weighted by Crippen LogP contribution is -2.43. The van der Waals surface area contributed by atoms with Gasteiger partial charge in [0, 0.05) is 0 Å². The van der Waals surface area contributed by atoms with E-state index in [2.05, 4.69) is 34.6 Å². The quantitative estimate of drug-likeness (QED) is 0.824. The predicted octanol–water partition coefficient (Wildman–Crippen LogP) is 3.47. The minimum Gasteiger partial charge on any atom is -0.481 e. The van der Waals surface area contributed by atoms with E-state index >= 15 is 0 Å². The molecule has 0 spiro atoms. The van der Waals surface area contributed by atoms with Crippen molar-refractivity contribution in [1.82, 2.24) is 0 Å². The average molecular weight is 242 g/mol. The van der Waals surface area contributed by atoms with Crippen LogP contribution in [0.15, 0.2) is 0 Å². The molecule has 17 heavy (non-hydrogen) atoms. The van der Waals surface area contributed by atoms with Crippen LogP contribution in [0.4, 0.5) is 0 Å². The fourth-order valence-corrected chi connectivity index (χ4v) is 2.02. The first-order valence-electron chi connectivity index (χ1n) is 6.54. The normalized spacial score (nSPS) is 26.9. The molecule has 0 unspecified atom stereocenters. The van der Waals surface area contributed by atoms with Crippen LogP contribution < -0.4 is 0 Å². The van der Waals surface area contributed by atoms with Crippen molar-refractivity contribution in [3.8, 4) is 0 Å². The van der Waals surface area contributed by atoms with E-state index in [0.29, 0.717) is 0 Å². The van der Waals surface area contributed by atoms with Gasteiger partial charge in [-0.1, -0.05) is 20.8 Å². The van der Waals surface area contributed by atoms with E-state index in [1.165, 1.54) is 0 Å². The van der Waals surface area contributed by atoms with Crippen LogP contribution in [-0.2, 0) is 9.53 Å². The maximum Gasteiger partial charge on any atom is 0.306 e. The third kappa shape index (κ3) is 3.70. The highest BCUT2D eigenvalue weighted by Crippen LogP contribution is 2.37. The lowest BCUT2D eigenvalue weighted by molar-refractivity contribution is -0.153. The summed E-state index contributed by atoms with van der Waals surface area (Å²) in [5.41, 5.74) is -0.0790. The largest absolute Gasteiger partial charge is 0.481 e. The molecular formula is C14H26O3. The molecule has 0 aliphatic heterocycles. The highest BCUT2D eigenvalue weighted by molar-refractivity contribution is 5.70. The number of hydrogen-bond donors (Lipinski definition) is 1. The van der Waals surface area contributed by atoms with Gasteiger partial charge in [0.05, 0.1) is 17.6 Å². The smallest absolute Gasteiger partial charge is 0.306 e. The molecule has 1 aliphatic carbocycles. The van der Waals surface area contributed by atoms with Crippen molar-refractivity contribution in [3.63, 3.8) is 0 Å². The summed E-state index contributed by atoms with van der Waals surface area (Å²) in [5, 5.41) is 8.95. The van der Waals surface area contributed by atoms with Crippen LogP contribution in [0.5, 0.6) is 0 Å². The summed E-state index contributed by atoms with van der Waals surface area (Å²) < 4.78 is 6.18. The topological polar surface area (TPSA) is 46.5 Å². The van der Waals surface area contributed by atoms with Gasteiger partial charge >= 0.3 is 5.97 Å². The molecule has 3 heteroatoms. The molecule has 0 aromatic carbocycles. The van der Waals surface area contributed by atoms with E-state index in [1.54, 1.807) is 0 Å². The molecule has 100 valence electrons. The van der Waals surface area contributed by atoms with Crippen molar-refractivity contribution >= 4 is 5.97 Å². The zero-order chi connectivity index (χ0) is 13.3. The Morgan fingerprint density at radius 1 is 1.06 bits per heavy atom. The number of rotatable bonds is 3. The van der Waals surface area contributed by atoms with Crippen molar-refractivity contribution in [3.05, 3.63) is 0 Å². The first kappa shape index (κ1) is 14.5. The standard InChI is InChI=1S/C14H26O3/c1-13(2,3)14(4,5)17-11-8-6-10(7-9-11)12(15)16/h10-11H,6-9H2,1-5H3,(H,15,16). The summed E-state index contributed by atoms with van der Waals surface area (Å²) in [6.07, 6.45) is 3.47. The summed E-state index contributed by atoms with van der Waals surface area (Å²) in [6.45, 7) is 10.8. The van der Waals surface area contributed by atoms with Gasteiger partial charge in [-0.05, 0) is 44.9 Å². The van der Waals surface area contributed by atoms with E-state index in [-0.39, 0.29) is 23.0 Å². The Hall–Kier alpha value is -0.570. The van der Waals surface area contributed by atoms with Crippen LogP contribution in [0.3, 0.4) is 0 Å². The molecule has 1 rings (SSSR count). The van der Waals surface area contributed by atoms with Gasteiger partial charge in [0.1, 0.15) is 0 Å². The Morgan fingerprint density at radius 3 is 1.88 bits per heavy atom. The Labute approximate surface area is 105 Å². The highest BCUT2D eigenvalue weighted by Gasteiger charge is 2.37. The molecule has 0 aromatic rings. The lowest BCUT2D eigenvalue weighted by Gasteiger charge is -2.42. The minimum atomic E-state index is -0.654. The fourth-order valence-electron chi connectivity index (χ4n) is 2.02. The van der Waals surface area contributed by atoms with Crippen molar-refractivity contribution in [2.45, 2.75) is 72.0 Å². The van der Waals surface area contributed by atoms with Crippen molar-refractivity contribution < 1.29 is 14.6 Å². The number of aliphatic carboxylic acids is 1. The maximum atomic E-state index is 10.9. The molecular weight excluding hydrogens is 216 g/mol. The Morgan fingerprint density at radius 2 is 1.53 bits per heavy atom. The second-order valence-electron chi connectivity index (χ2n) is 6.69. The lowest BCUT2D eigenvalue weighted by atomic mass is 9.78. The van der Waals surface area contributed by atoms with E-state index in [0.717, 1.165) is 25.7 Å². The summed E-state index contributed by atoms with van der Waals surface area (Å²) in [7, 11) is 0. The van der Waals surface area contributed by atoms with Gasteiger partial charge in [0.2, 0.25) is 0 Å². The summed E-state index contributed by atoms with van der Waals surface area (Å²) in [4.78, 5) is 10.9. The van der Waals surface area contributed by atoms with Crippen LogP contribution >= 0.6 is 0 Å². The van der Waals surface area contributed by atoms with Gasteiger partial charge in [-0.25, -0.2) is 0 Å². The number of ether oxygens (including phenoxy) is 1. The Bertz CT molecular complexity index is 268. The van der Waals surface area contributed by atoms with Crippen molar-refractivity contribution in [1.29, 1.82) is 0 Å². The zero-order valence-electron chi connectivity index (χ0n) is 11.7. The van der Waals surface area contributed by atoms with Gasteiger partial charge in [0.25, 0.3) is 0 Å². The first-order chi connectivity index (χ1) is 7.63. The summed E-state index contributed by atoms with van der Waals surface area (Å²) in [6, 6.07) is 0. The van der Waals surface area contributed by atoms with Gasteiger partial charge in [0.15, 0.2) is 0 Å². The molecule has 0 atom stereocenters. The van der Waals surface area contributed by atoms with Gasteiger partial charge in [-0.15, -0.1) is 0 Å².